The molecule has 3 rings (SSSR count). The highest BCUT2D eigenvalue weighted by Gasteiger charge is 2.29. The molecule has 0 aliphatic carbocycles. The second-order valence-electron chi connectivity index (χ2n) is 5.76. The van der Waals surface area contributed by atoms with Gasteiger partial charge in [-0.2, -0.15) is 4.31 Å². The monoisotopic (exact) mass is 350 g/mol. The molecule has 0 spiro atoms. The predicted molar refractivity (Wildman–Crippen MR) is 95.8 cm³/mol. The Labute approximate surface area is 142 Å². The highest BCUT2D eigenvalue weighted by atomic mass is 32.2. The first-order chi connectivity index (χ1) is 11.0. The number of para-hydroxylation sites is 1. The van der Waals surface area contributed by atoms with Gasteiger partial charge in [0.05, 0.1) is 0 Å². The minimum absolute atomic E-state index is 0.441. The molecule has 1 saturated heterocycles. The summed E-state index contributed by atoms with van der Waals surface area (Å²) in [6, 6.07) is 9.85. The molecule has 0 radical (unpaired) electrons. The number of hydrogen-bond donors (Lipinski definition) is 0. The zero-order chi connectivity index (χ0) is 16.4. The van der Waals surface area contributed by atoms with Crippen LogP contribution in [0.25, 0.3) is 0 Å². The molecule has 0 N–H and O–H groups in total. The molecule has 0 bridgehead atoms. The fourth-order valence-corrected chi connectivity index (χ4v) is 5.71. The summed E-state index contributed by atoms with van der Waals surface area (Å²) in [7, 11) is -3.32. The lowest BCUT2D eigenvalue weighted by Gasteiger charge is -2.37. The van der Waals surface area contributed by atoms with Crippen molar-refractivity contribution in [2.75, 3.05) is 31.1 Å². The first-order valence-electron chi connectivity index (χ1n) is 7.91. The Morgan fingerprint density at radius 1 is 1.09 bits per heavy atom. The van der Waals surface area contributed by atoms with Crippen LogP contribution in [0.15, 0.2) is 39.9 Å². The molecule has 23 heavy (non-hydrogen) atoms. The van der Waals surface area contributed by atoms with Crippen LogP contribution in [-0.4, -0.2) is 38.9 Å². The number of anilines is 1. The second-order valence-corrected chi connectivity index (χ2v) is 8.87. The third-order valence-corrected chi connectivity index (χ3v) is 7.62. The van der Waals surface area contributed by atoms with Crippen LogP contribution in [-0.2, 0) is 16.4 Å². The van der Waals surface area contributed by atoms with E-state index >= 15 is 0 Å². The zero-order valence-corrected chi connectivity index (χ0v) is 15.2. The van der Waals surface area contributed by atoms with E-state index in [-0.39, 0.29) is 0 Å². The number of benzene rings is 1. The van der Waals surface area contributed by atoms with Crippen LogP contribution in [0, 0.1) is 6.92 Å². The molecule has 1 aromatic heterocycles. The molecule has 2 aromatic rings. The average Bonchev–Trinajstić information content (AvgIpc) is 3.10. The van der Waals surface area contributed by atoms with Gasteiger partial charge in [-0.25, -0.2) is 8.42 Å². The fraction of sp³-hybridized carbons (Fsp3) is 0.412. The summed E-state index contributed by atoms with van der Waals surface area (Å²) in [5.74, 6) is 0. The van der Waals surface area contributed by atoms with Crippen molar-refractivity contribution in [3.8, 4) is 0 Å². The van der Waals surface area contributed by atoms with Crippen molar-refractivity contribution in [2.45, 2.75) is 24.5 Å². The Morgan fingerprint density at radius 3 is 2.43 bits per heavy atom. The van der Waals surface area contributed by atoms with E-state index in [0.29, 0.717) is 17.3 Å². The molecule has 0 saturated carbocycles. The maximum atomic E-state index is 12.6. The van der Waals surface area contributed by atoms with Gasteiger partial charge in [0.2, 0.25) is 0 Å². The highest BCUT2D eigenvalue weighted by molar-refractivity contribution is 7.91. The van der Waals surface area contributed by atoms with Gasteiger partial charge in [-0.15, -0.1) is 11.3 Å². The Hall–Kier alpha value is -1.37. The van der Waals surface area contributed by atoms with Gasteiger partial charge in [0.25, 0.3) is 10.0 Å². The summed E-state index contributed by atoms with van der Waals surface area (Å²) in [5.41, 5.74) is 3.88. The van der Waals surface area contributed by atoms with Gasteiger partial charge in [-0.05, 0) is 35.9 Å². The van der Waals surface area contributed by atoms with E-state index in [0.717, 1.165) is 19.5 Å². The van der Waals surface area contributed by atoms with Gasteiger partial charge in [0.15, 0.2) is 0 Å². The Kier molecular flexibility index (Phi) is 4.75. The van der Waals surface area contributed by atoms with E-state index in [2.05, 4.69) is 36.9 Å². The molecule has 0 amide bonds. The maximum absolute atomic E-state index is 12.6. The number of thiophene rings is 1. The summed E-state index contributed by atoms with van der Waals surface area (Å²) in [5, 5.41) is 1.81. The van der Waals surface area contributed by atoms with Crippen LogP contribution >= 0.6 is 11.3 Å². The molecule has 0 atom stereocenters. The molecule has 4 nitrogen and oxygen atoms in total. The molecule has 1 fully saturated rings. The Morgan fingerprint density at radius 2 is 1.83 bits per heavy atom. The third kappa shape index (κ3) is 3.16. The second kappa shape index (κ2) is 6.63. The van der Waals surface area contributed by atoms with E-state index in [1.165, 1.54) is 28.2 Å². The Balaban J connectivity index is 1.77. The lowest BCUT2D eigenvalue weighted by molar-refractivity contribution is 0.385. The summed E-state index contributed by atoms with van der Waals surface area (Å²) in [6.07, 6.45) is 0.991. The van der Waals surface area contributed by atoms with Crippen molar-refractivity contribution in [3.63, 3.8) is 0 Å². The van der Waals surface area contributed by atoms with E-state index < -0.39 is 10.0 Å². The minimum atomic E-state index is -3.32. The number of rotatable bonds is 4. The van der Waals surface area contributed by atoms with E-state index in [1.54, 1.807) is 16.4 Å². The number of aryl methyl sites for hydroxylation is 2. The maximum Gasteiger partial charge on any atom is 0.252 e. The van der Waals surface area contributed by atoms with Crippen LogP contribution in [0.1, 0.15) is 18.1 Å². The molecule has 124 valence electrons. The zero-order valence-electron chi connectivity index (χ0n) is 13.5. The van der Waals surface area contributed by atoms with E-state index in [1.807, 2.05) is 5.38 Å². The first kappa shape index (κ1) is 16.5. The van der Waals surface area contributed by atoms with Crippen LogP contribution in [0.3, 0.4) is 0 Å². The van der Waals surface area contributed by atoms with Crippen LogP contribution in [0.5, 0.6) is 0 Å². The standard InChI is InChI=1S/C17H22N2O2S2/c1-3-15-7-4-6-14(2)17(15)18-9-11-19(12-10-18)23(20,21)16-8-5-13-22-16/h4-8,13H,3,9-12H2,1-2H3. The topological polar surface area (TPSA) is 40.6 Å². The fourth-order valence-electron chi connectivity index (χ4n) is 3.15. The molecule has 2 heterocycles. The summed E-state index contributed by atoms with van der Waals surface area (Å²) in [4.78, 5) is 2.33. The largest absolute Gasteiger partial charge is 0.368 e. The lowest BCUT2D eigenvalue weighted by atomic mass is 10.0. The SMILES string of the molecule is CCc1cccc(C)c1N1CCN(S(=O)(=O)c2cccs2)CC1. The molecule has 6 heteroatoms. The highest BCUT2D eigenvalue weighted by Crippen LogP contribution is 2.28. The van der Waals surface area contributed by atoms with E-state index in [9.17, 15) is 8.42 Å². The molecular weight excluding hydrogens is 328 g/mol. The summed E-state index contributed by atoms with van der Waals surface area (Å²) in [6.45, 7) is 6.85. The average molecular weight is 351 g/mol. The third-order valence-electron chi connectivity index (χ3n) is 4.35. The minimum Gasteiger partial charge on any atom is -0.368 e. The van der Waals surface area contributed by atoms with Crippen LogP contribution in [0.2, 0.25) is 0 Å². The molecule has 1 aliphatic rings. The normalized spacial score (nSPS) is 16.7. The smallest absolute Gasteiger partial charge is 0.252 e. The van der Waals surface area contributed by atoms with Crippen molar-refractivity contribution in [1.82, 2.24) is 4.31 Å². The number of hydrogen-bond acceptors (Lipinski definition) is 4. The molecular formula is C17H22N2O2S2. The number of piperazine rings is 1. The number of nitrogens with zero attached hydrogens (tertiary/aromatic N) is 2. The molecule has 1 aliphatic heterocycles. The summed E-state index contributed by atoms with van der Waals surface area (Å²) >= 11 is 1.29. The van der Waals surface area contributed by atoms with Gasteiger partial charge < -0.3 is 4.90 Å². The predicted octanol–water partition coefficient (Wildman–Crippen LogP) is 3.13. The van der Waals surface area contributed by atoms with Crippen molar-refractivity contribution >= 4 is 27.0 Å². The first-order valence-corrected chi connectivity index (χ1v) is 10.2. The van der Waals surface area contributed by atoms with Crippen molar-refractivity contribution < 1.29 is 8.42 Å². The molecule has 1 aromatic carbocycles. The molecule has 0 unspecified atom stereocenters. The summed E-state index contributed by atoms with van der Waals surface area (Å²) < 4.78 is 27.2. The van der Waals surface area contributed by atoms with Gasteiger partial charge in [-0.3, -0.25) is 0 Å². The van der Waals surface area contributed by atoms with Gasteiger partial charge in [0.1, 0.15) is 4.21 Å². The van der Waals surface area contributed by atoms with Crippen molar-refractivity contribution in [1.29, 1.82) is 0 Å². The van der Waals surface area contributed by atoms with Crippen molar-refractivity contribution in [3.05, 3.63) is 46.8 Å². The van der Waals surface area contributed by atoms with Crippen molar-refractivity contribution in [2.24, 2.45) is 0 Å². The van der Waals surface area contributed by atoms with Gasteiger partial charge in [-0.1, -0.05) is 31.2 Å². The van der Waals surface area contributed by atoms with Gasteiger partial charge >= 0.3 is 0 Å². The number of sulfonamides is 1. The van der Waals surface area contributed by atoms with Crippen LogP contribution in [0.4, 0.5) is 5.69 Å². The quantitative estimate of drug-likeness (QED) is 0.851. The lowest BCUT2D eigenvalue weighted by Crippen LogP contribution is -2.49. The van der Waals surface area contributed by atoms with E-state index in [4.69, 9.17) is 0 Å². The Bertz CT molecular complexity index is 762. The van der Waals surface area contributed by atoms with Crippen LogP contribution < -0.4 is 4.90 Å². The van der Waals surface area contributed by atoms with Gasteiger partial charge in [0, 0.05) is 31.9 Å².